The monoisotopic (exact) mass is 252 g/mol. The van der Waals surface area contributed by atoms with Gasteiger partial charge in [0.1, 0.15) is 11.6 Å². The highest BCUT2D eigenvalue weighted by Crippen LogP contribution is 2.27. The summed E-state index contributed by atoms with van der Waals surface area (Å²) in [4.78, 5) is -0.809. The maximum atomic E-state index is 13.2. The van der Waals surface area contributed by atoms with Crippen molar-refractivity contribution in [3.63, 3.8) is 0 Å². The number of halogens is 3. The Morgan fingerprint density at radius 2 is 1.81 bits per heavy atom. The molecule has 0 heterocycles. The van der Waals surface area contributed by atoms with Crippen LogP contribution in [0.2, 0.25) is 0 Å². The Morgan fingerprint density at radius 1 is 1.25 bits per heavy atom. The van der Waals surface area contributed by atoms with Crippen molar-refractivity contribution in [2.75, 3.05) is 6.67 Å². The fraction of sp³-hybridized carbons (Fsp3) is 0.111. The lowest BCUT2D eigenvalue weighted by Crippen LogP contribution is -2.02. The zero-order valence-corrected chi connectivity index (χ0v) is 8.64. The summed E-state index contributed by atoms with van der Waals surface area (Å²) in [6, 6.07) is 4.26. The van der Waals surface area contributed by atoms with Crippen LogP contribution in [0.1, 0.15) is 5.56 Å². The van der Waals surface area contributed by atoms with E-state index in [1.165, 1.54) is 12.1 Å². The molecule has 0 unspecified atom stereocenters. The normalized spacial score (nSPS) is 13.5. The second kappa shape index (κ2) is 4.67. The molecule has 0 aromatic heterocycles. The quantitative estimate of drug-likeness (QED) is 0.841. The molecule has 0 fully saturated rings. The molecule has 1 rings (SSSR count). The molecule has 0 aliphatic heterocycles. The summed E-state index contributed by atoms with van der Waals surface area (Å²) in [5.74, 6) is -3.37. The maximum Gasteiger partial charge on any atom is 0.295 e. The average molecular weight is 252 g/mol. The molecule has 0 atom stereocenters. The summed E-state index contributed by atoms with van der Waals surface area (Å²) >= 11 is 0. The highest BCUT2D eigenvalue weighted by atomic mass is 32.2. The molecule has 0 radical (unpaired) electrons. The first-order chi connectivity index (χ1) is 7.38. The van der Waals surface area contributed by atoms with Gasteiger partial charge in [0.05, 0.1) is 0 Å². The van der Waals surface area contributed by atoms with Crippen molar-refractivity contribution in [1.82, 2.24) is 0 Å². The minimum absolute atomic E-state index is 0.708. The molecule has 0 saturated heterocycles. The number of allylic oxidation sites excluding steroid dienone is 1. The summed E-state index contributed by atoms with van der Waals surface area (Å²) < 4.78 is 68.1. The van der Waals surface area contributed by atoms with E-state index in [1.807, 2.05) is 0 Å². The van der Waals surface area contributed by atoms with Crippen LogP contribution in [0.5, 0.6) is 0 Å². The van der Waals surface area contributed by atoms with Crippen LogP contribution in [0.4, 0.5) is 13.2 Å². The van der Waals surface area contributed by atoms with Gasteiger partial charge in [-0.2, -0.15) is 8.42 Å². The Bertz CT molecular complexity index is 523. The van der Waals surface area contributed by atoms with E-state index in [2.05, 4.69) is 0 Å². The maximum absolute atomic E-state index is 13.2. The van der Waals surface area contributed by atoms with Crippen LogP contribution in [0.3, 0.4) is 0 Å². The van der Waals surface area contributed by atoms with Crippen LogP contribution in [0.15, 0.2) is 35.0 Å². The summed E-state index contributed by atoms with van der Waals surface area (Å²) in [6.45, 7) is -1.69. The zero-order chi connectivity index (χ0) is 12.3. The molecule has 7 heteroatoms. The van der Waals surface area contributed by atoms with Crippen molar-refractivity contribution in [3.8, 4) is 0 Å². The molecule has 3 nitrogen and oxygen atoms in total. The molecule has 1 aromatic rings. The smallest absolute Gasteiger partial charge is 0.282 e. The summed E-state index contributed by atoms with van der Waals surface area (Å²) in [7, 11) is -4.68. The largest absolute Gasteiger partial charge is 0.295 e. The van der Waals surface area contributed by atoms with Crippen molar-refractivity contribution < 1.29 is 26.1 Å². The van der Waals surface area contributed by atoms with Crippen molar-refractivity contribution in [2.45, 2.75) is 4.90 Å². The summed E-state index contributed by atoms with van der Waals surface area (Å²) in [5.41, 5.74) is -0.708. The first kappa shape index (κ1) is 12.7. The van der Waals surface area contributed by atoms with Gasteiger partial charge in [-0.05, 0) is 6.07 Å². The Kier molecular flexibility index (Phi) is 3.71. The molecule has 0 aliphatic rings. The number of alkyl halides is 1. The van der Waals surface area contributed by atoms with Crippen LogP contribution in [-0.4, -0.2) is 19.6 Å². The minimum atomic E-state index is -4.68. The van der Waals surface area contributed by atoms with Crippen molar-refractivity contribution >= 4 is 15.9 Å². The second-order valence-corrected chi connectivity index (χ2v) is 4.21. The molecule has 0 aliphatic carbocycles. The van der Waals surface area contributed by atoms with E-state index in [1.54, 1.807) is 0 Å². The summed E-state index contributed by atoms with van der Waals surface area (Å²) in [5, 5.41) is 0. The molecular formula is C9H7F3O3S. The first-order valence-corrected chi connectivity index (χ1v) is 5.49. The van der Waals surface area contributed by atoms with Gasteiger partial charge >= 0.3 is 0 Å². The summed E-state index contributed by atoms with van der Waals surface area (Å²) in [6.07, 6.45) is 0. The van der Waals surface area contributed by atoms with Gasteiger partial charge in [0.2, 0.25) is 0 Å². The molecule has 16 heavy (non-hydrogen) atoms. The van der Waals surface area contributed by atoms with E-state index in [9.17, 15) is 21.6 Å². The molecule has 0 bridgehead atoms. The fourth-order valence-electron chi connectivity index (χ4n) is 1.08. The highest BCUT2D eigenvalue weighted by Gasteiger charge is 2.20. The van der Waals surface area contributed by atoms with Crippen LogP contribution < -0.4 is 0 Å². The number of benzene rings is 1. The Hall–Kier alpha value is -1.34. The molecule has 0 amide bonds. The van der Waals surface area contributed by atoms with E-state index < -0.39 is 38.9 Å². The lowest BCUT2D eigenvalue weighted by atomic mass is 10.2. The SMILES string of the molecule is O=S(=O)(O)c1ccccc1/C(F)=C(/F)CF. The molecule has 1 N–H and O–H groups in total. The number of rotatable bonds is 3. The van der Waals surface area contributed by atoms with Gasteiger partial charge in [0.15, 0.2) is 11.7 Å². The average Bonchev–Trinajstić information content (AvgIpc) is 2.26. The van der Waals surface area contributed by atoms with Crippen LogP contribution in [0, 0.1) is 0 Å². The number of hydrogen-bond donors (Lipinski definition) is 1. The minimum Gasteiger partial charge on any atom is -0.282 e. The van der Waals surface area contributed by atoms with Gasteiger partial charge in [-0.3, -0.25) is 4.55 Å². The van der Waals surface area contributed by atoms with Gasteiger partial charge in [0.25, 0.3) is 10.1 Å². The van der Waals surface area contributed by atoms with Crippen LogP contribution in [-0.2, 0) is 10.1 Å². The van der Waals surface area contributed by atoms with E-state index in [0.717, 1.165) is 12.1 Å². The van der Waals surface area contributed by atoms with Gasteiger partial charge in [-0.25, -0.2) is 13.2 Å². The first-order valence-electron chi connectivity index (χ1n) is 4.05. The predicted molar refractivity (Wildman–Crippen MR) is 51.4 cm³/mol. The second-order valence-electron chi connectivity index (χ2n) is 2.82. The lowest BCUT2D eigenvalue weighted by molar-refractivity contribution is 0.450. The third-order valence-corrected chi connectivity index (χ3v) is 2.67. The third kappa shape index (κ3) is 2.61. The van der Waals surface area contributed by atoms with Crippen LogP contribution in [0.25, 0.3) is 5.83 Å². The number of hydrogen-bond acceptors (Lipinski definition) is 2. The highest BCUT2D eigenvalue weighted by molar-refractivity contribution is 7.85. The van der Waals surface area contributed by atoms with E-state index in [-0.39, 0.29) is 0 Å². The Balaban J connectivity index is 3.48. The molecule has 0 spiro atoms. The standard InChI is InChI=1S/C9H7F3O3S/c10-5-7(11)9(12)6-3-1-2-4-8(6)16(13,14)15/h1-4H,5H2,(H,13,14,15)/b9-7-. The van der Waals surface area contributed by atoms with Gasteiger partial charge in [0, 0.05) is 5.56 Å². The predicted octanol–water partition coefficient (Wildman–Crippen LogP) is 2.51. The van der Waals surface area contributed by atoms with E-state index in [0.29, 0.717) is 0 Å². The zero-order valence-electron chi connectivity index (χ0n) is 7.82. The van der Waals surface area contributed by atoms with Gasteiger partial charge in [-0.1, -0.05) is 18.2 Å². The van der Waals surface area contributed by atoms with Crippen molar-refractivity contribution in [1.29, 1.82) is 0 Å². The third-order valence-electron chi connectivity index (χ3n) is 1.76. The van der Waals surface area contributed by atoms with Crippen LogP contribution >= 0.6 is 0 Å². The Labute approximate surface area is 90.0 Å². The van der Waals surface area contributed by atoms with E-state index >= 15 is 0 Å². The van der Waals surface area contributed by atoms with E-state index in [4.69, 9.17) is 4.55 Å². The molecule has 0 saturated carbocycles. The molecule has 1 aromatic carbocycles. The molecule has 88 valence electrons. The Morgan fingerprint density at radius 3 is 2.31 bits per heavy atom. The lowest BCUT2D eigenvalue weighted by Gasteiger charge is -2.04. The fourth-order valence-corrected chi connectivity index (χ4v) is 1.76. The van der Waals surface area contributed by atoms with Crippen molar-refractivity contribution in [2.24, 2.45) is 0 Å². The van der Waals surface area contributed by atoms with Crippen molar-refractivity contribution in [3.05, 3.63) is 35.7 Å². The molecular weight excluding hydrogens is 245 g/mol. The topological polar surface area (TPSA) is 54.4 Å². The van der Waals surface area contributed by atoms with Gasteiger partial charge < -0.3 is 0 Å². The van der Waals surface area contributed by atoms with Gasteiger partial charge in [-0.15, -0.1) is 0 Å².